The highest BCUT2D eigenvalue weighted by molar-refractivity contribution is 5.90. The van der Waals surface area contributed by atoms with Crippen LogP contribution in [-0.2, 0) is 11.3 Å². The molecule has 4 heterocycles. The van der Waals surface area contributed by atoms with Crippen LogP contribution in [0.15, 0.2) is 24.4 Å². The van der Waals surface area contributed by atoms with Crippen LogP contribution >= 0.6 is 0 Å². The molecule has 4 aromatic rings. The summed E-state index contributed by atoms with van der Waals surface area (Å²) in [6.45, 7) is -3.80. The Morgan fingerprint density at radius 2 is 2.16 bits per heavy atom. The van der Waals surface area contributed by atoms with E-state index < -0.39 is 75.3 Å². The fourth-order valence-electron chi connectivity index (χ4n) is 4.64. The number of nitrogens with zero attached hydrogens (tertiary/aromatic N) is 6. The van der Waals surface area contributed by atoms with Crippen molar-refractivity contribution in [2.75, 3.05) is 25.4 Å². The highest BCUT2D eigenvalue weighted by Gasteiger charge is 2.46. The van der Waals surface area contributed by atoms with Gasteiger partial charge in [0.25, 0.3) is 12.3 Å². The molecular formula is C24H24F5N7O2. The molecule has 1 atom stereocenters. The van der Waals surface area contributed by atoms with Gasteiger partial charge in [-0.05, 0) is 31.0 Å². The SMILES string of the molecule is [2H]C([2H])([2H])Oc1nc(N[C@@H]2CCN(C(=O)C([2H])([2H])[2H])CC2(F)F)nn2cc(F)c(-c3ccc4nc(C)n(CC(F)F)c4c3)c12. The Balaban J connectivity index is 1.55. The first-order chi connectivity index (χ1) is 20.3. The molecule has 1 saturated heterocycles. The molecule has 0 aliphatic carbocycles. The quantitative estimate of drug-likeness (QED) is 0.368. The van der Waals surface area contributed by atoms with Gasteiger partial charge in [0.05, 0.1) is 53.1 Å². The smallest absolute Gasteiger partial charge is 0.285 e. The Morgan fingerprint density at radius 3 is 2.87 bits per heavy atom. The maximum absolute atomic E-state index is 15.5. The number of halogens is 5. The van der Waals surface area contributed by atoms with Gasteiger partial charge in [0.1, 0.15) is 11.3 Å². The molecule has 38 heavy (non-hydrogen) atoms. The summed E-state index contributed by atoms with van der Waals surface area (Å²) in [7, 11) is -3.12. The van der Waals surface area contributed by atoms with E-state index in [1.807, 2.05) is 0 Å². The number of aromatic nitrogens is 5. The molecule has 1 aliphatic rings. The summed E-state index contributed by atoms with van der Waals surface area (Å²) in [4.78, 5) is 20.7. The number of hydrogen-bond acceptors (Lipinski definition) is 6. The molecule has 0 spiro atoms. The molecular weight excluding hydrogens is 513 g/mol. The van der Waals surface area contributed by atoms with E-state index in [9.17, 15) is 13.6 Å². The summed E-state index contributed by atoms with van der Waals surface area (Å²) in [6.07, 6.45) is -2.30. The van der Waals surface area contributed by atoms with Crippen molar-refractivity contribution in [1.29, 1.82) is 0 Å². The van der Waals surface area contributed by atoms with Crippen LogP contribution in [0.2, 0.25) is 0 Å². The number of imidazole rings is 1. The molecule has 0 unspecified atom stereocenters. The Hall–Kier alpha value is -3.97. The lowest BCUT2D eigenvalue weighted by Gasteiger charge is -2.38. The van der Waals surface area contributed by atoms with E-state index in [0.717, 1.165) is 10.7 Å². The number of alkyl halides is 4. The van der Waals surface area contributed by atoms with Crippen LogP contribution in [0.1, 0.15) is 27.3 Å². The monoisotopic (exact) mass is 543 g/mol. The second kappa shape index (κ2) is 9.40. The van der Waals surface area contributed by atoms with Crippen LogP contribution in [0, 0.1) is 12.7 Å². The van der Waals surface area contributed by atoms with Gasteiger partial charge in [-0.15, -0.1) is 5.10 Å². The van der Waals surface area contributed by atoms with Gasteiger partial charge in [0.15, 0.2) is 5.82 Å². The molecule has 1 aliphatic heterocycles. The zero-order valence-electron chi connectivity index (χ0n) is 25.7. The number of nitrogens with one attached hydrogen (secondary N) is 1. The van der Waals surface area contributed by atoms with Crippen LogP contribution in [-0.4, -0.2) is 73.5 Å². The van der Waals surface area contributed by atoms with Gasteiger partial charge in [0, 0.05) is 17.5 Å². The summed E-state index contributed by atoms with van der Waals surface area (Å²) < 4.78 is 123. The van der Waals surface area contributed by atoms with Crippen molar-refractivity contribution >= 4 is 28.4 Å². The largest absolute Gasteiger partial charge is 0.479 e. The van der Waals surface area contributed by atoms with Gasteiger partial charge in [-0.2, -0.15) is 4.98 Å². The number of methoxy groups -OCH3 is 1. The van der Waals surface area contributed by atoms with Crippen molar-refractivity contribution in [2.24, 2.45) is 0 Å². The first-order valence-corrected chi connectivity index (χ1v) is 11.3. The van der Waals surface area contributed by atoms with Crippen molar-refractivity contribution in [3.63, 3.8) is 0 Å². The van der Waals surface area contributed by atoms with E-state index in [1.54, 1.807) is 0 Å². The van der Waals surface area contributed by atoms with Crippen LogP contribution in [0.5, 0.6) is 5.88 Å². The maximum Gasteiger partial charge on any atom is 0.285 e. The lowest BCUT2D eigenvalue weighted by Crippen LogP contribution is -2.55. The maximum atomic E-state index is 15.5. The van der Waals surface area contributed by atoms with E-state index in [0.29, 0.717) is 10.4 Å². The number of anilines is 1. The van der Waals surface area contributed by atoms with Crippen molar-refractivity contribution in [1.82, 2.24) is 29.0 Å². The van der Waals surface area contributed by atoms with Gasteiger partial charge >= 0.3 is 0 Å². The number of piperidine rings is 1. The van der Waals surface area contributed by atoms with Crippen LogP contribution in [0.25, 0.3) is 27.7 Å². The Labute approximate surface area is 221 Å². The Morgan fingerprint density at radius 1 is 1.34 bits per heavy atom. The molecule has 1 amide bonds. The average Bonchev–Trinajstić information content (AvgIpc) is 3.37. The summed E-state index contributed by atoms with van der Waals surface area (Å²) in [6, 6.07) is 2.56. The van der Waals surface area contributed by atoms with E-state index in [1.165, 1.54) is 29.7 Å². The topological polar surface area (TPSA) is 89.6 Å². The summed E-state index contributed by atoms with van der Waals surface area (Å²) in [5.41, 5.74) is 0.185. The lowest BCUT2D eigenvalue weighted by molar-refractivity contribution is -0.140. The first-order valence-electron chi connectivity index (χ1n) is 14.3. The summed E-state index contributed by atoms with van der Waals surface area (Å²) >= 11 is 0. The predicted octanol–water partition coefficient (Wildman–Crippen LogP) is 4.14. The van der Waals surface area contributed by atoms with Crippen molar-refractivity contribution in [2.45, 2.75) is 45.1 Å². The van der Waals surface area contributed by atoms with Gasteiger partial charge in [-0.3, -0.25) is 4.79 Å². The zero-order valence-corrected chi connectivity index (χ0v) is 19.7. The zero-order chi connectivity index (χ0) is 32.4. The fourth-order valence-corrected chi connectivity index (χ4v) is 4.64. The number of ether oxygens (including phenoxy) is 1. The molecule has 0 bridgehead atoms. The lowest BCUT2D eigenvalue weighted by atomic mass is 10.0. The third-order valence-corrected chi connectivity index (χ3v) is 6.39. The number of hydrogen-bond donors (Lipinski definition) is 1. The third-order valence-electron chi connectivity index (χ3n) is 6.39. The first kappa shape index (κ1) is 19.2. The van der Waals surface area contributed by atoms with Crippen LogP contribution < -0.4 is 10.1 Å². The normalized spacial score (nSPS) is 20.5. The number of rotatable bonds is 6. The van der Waals surface area contributed by atoms with E-state index in [-0.39, 0.29) is 34.5 Å². The second-order valence-electron chi connectivity index (χ2n) is 8.83. The molecule has 202 valence electrons. The minimum Gasteiger partial charge on any atom is -0.479 e. The fraction of sp³-hybridized carbons (Fsp3) is 0.417. The van der Waals surface area contributed by atoms with Gasteiger partial charge in [0.2, 0.25) is 17.7 Å². The average molecular weight is 544 g/mol. The molecule has 1 fully saturated rings. The molecule has 5 rings (SSSR count). The number of carbonyl (C=O) groups excluding carboxylic acids is 1. The van der Waals surface area contributed by atoms with Gasteiger partial charge in [-0.1, -0.05) is 6.07 Å². The number of carbonyl (C=O) groups is 1. The molecule has 3 aromatic heterocycles. The van der Waals surface area contributed by atoms with Crippen molar-refractivity contribution < 1.29 is 39.7 Å². The van der Waals surface area contributed by atoms with E-state index >= 15 is 13.2 Å². The predicted molar refractivity (Wildman–Crippen MR) is 128 cm³/mol. The molecule has 1 aromatic carbocycles. The van der Waals surface area contributed by atoms with Gasteiger partial charge in [-0.25, -0.2) is 31.5 Å². The molecule has 0 saturated carbocycles. The summed E-state index contributed by atoms with van der Waals surface area (Å²) in [5.74, 6) is -7.01. The standard InChI is InChI=1S/C24H24F5N7O2/c1-12-30-16-5-4-14(8-17(16)35(12)10-19(26)27)20-15(25)9-36-21(20)22(38-3)32-23(33-36)31-18-6-7-34(13(2)37)11-24(18,28)29/h4-5,8-9,18-19H,6-7,10-11H2,1-3H3,(H,31,33)/t18-/m1/s1/i2D3,3D3. The van der Waals surface area contributed by atoms with Crippen LogP contribution in [0.4, 0.5) is 27.9 Å². The number of aryl methyl sites for hydroxylation is 1. The Kier molecular flexibility index (Phi) is 4.74. The third kappa shape index (κ3) is 4.47. The minimum atomic E-state index is -3.66. The van der Waals surface area contributed by atoms with Gasteiger partial charge < -0.3 is 19.5 Å². The highest BCUT2D eigenvalue weighted by atomic mass is 19.3. The van der Waals surface area contributed by atoms with E-state index in [2.05, 4.69) is 20.4 Å². The number of benzene rings is 1. The summed E-state index contributed by atoms with van der Waals surface area (Å²) in [5, 5.41) is 6.39. The number of likely N-dealkylation sites (tertiary alicyclic amines) is 1. The van der Waals surface area contributed by atoms with Crippen LogP contribution in [0.3, 0.4) is 0 Å². The number of fused-ring (bicyclic) bond motifs is 2. The highest BCUT2D eigenvalue weighted by Crippen LogP contribution is 2.36. The Bertz CT molecular complexity index is 1740. The molecule has 9 nitrogen and oxygen atoms in total. The van der Waals surface area contributed by atoms with E-state index in [4.69, 9.17) is 13.0 Å². The number of amides is 1. The molecule has 0 radical (unpaired) electrons. The van der Waals surface area contributed by atoms with Crippen molar-refractivity contribution in [3.8, 4) is 17.0 Å². The molecule has 1 N–H and O–H groups in total. The van der Waals surface area contributed by atoms with Crippen molar-refractivity contribution in [3.05, 3.63) is 36.0 Å². The molecule has 14 heteroatoms. The minimum absolute atomic E-state index is 0.116. The second-order valence-corrected chi connectivity index (χ2v) is 8.83.